The Morgan fingerprint density at radius 2 is 2.04 bits per heavy atom. The van der Waals surface area contributed by atoms with E-state index < -0.39 is 0 Å². The molecule has 28 heavy (non-hydrogen) atoms. The Labute approximate surface area is 173 Å². The van der Waals surface area contributed by atoms with Crippen LogP contribution in [0, 0.1) is 0 Å². The first-order valence-corrected chi connectivity index (χ1v) is 10.4. The van der Waals surface area contributed by atoms with Gasteiger partial charge >= 0.3 is 0 Å². The van der Waals surface area contributed by atoms with Gasteiger partial charge in [0.2, 0.25) is 11.8 Å². The highest BCUT2D eigenvalue weighted by Crippen LogP contribution is 2.24. The summed E-state index contributed by atoms with van der Waals surface area (Å²) in [5.41, 5.74) is 1.05. The maximum Gasteiger partial charge on any atom is 0.226 e. The van der Waals surface area contributed by atoms with Crippen molar-refractivity contribution < 1.29 is 14.3 Å². The van der Waals surface area contributed by atoms with Gasteiger partial charge in [0.1, 0.15) is 0 Å². The lowest BCUT2D eigenvalue weighted by Crippen LogP contribution is -2.43. The Bertz CT molecular complexity index is 781. The van der Waals surface area contributed by atoms with Crippen molar-refractivity contribution in [2.45, 2.75) is 18.9 Å². The first-order valence-electron chi connectivity index (χ1n) is 9.15. The maximum atomic E-state index is 12.3. The van der Waals surface area contributed by atoms with Crippen LogP contribution in [-0.2, 0) is 14.3 Å². The van der Waals surface area contributed by atoms with Crippen LogP contribution in [0.5, 0.6) is 0 Å². The van der Waals surface area contributed by atoms with Gasteiger partial charge in [-0.15, -0.1) is 11.3 Å². The topological polar surface area (TPSA) is 83.6 Å². The lowest BCUT2D eigenvalue weighted by atomic mass is 10.0. The number of nitrogens with one attached hydrogen (secondary N) is 2. The Morgan fingerprint density at radius 3 is 2.75 bits per heavy atom. The van der Waals surface area contributed by atoms with Crippen LogP contribution in [0.2, 0.25) is 5.02 Å². The molecular weight excluding hydrogens is 400 g/mol. The summed E-state index contributed by atoms with van der Waals surface area (Å²) in [5, 5.41) is 8.62. The second-order valence-electron chi connectivity index (χ2n) is 6.41. The number of morpholine rings is 1. The number of carbonyl (C=O) groups excluding carboxylic acids is 2. The van der Waals surface area contributed by atoms with Gasteiger partial charge in [0.15, 0.2) is 5.13 Å². The third-order valence-corrected chi connectivity index (χ3v) is 5.39. The molecule has 0 spiro atoms. The summed E-state index contributed by atoms with van der Waals surface area (Å²) in [6.45, 7) is 3.38. The average molecular weight is 423 g/mol. The van der Waals surface area contributed by atoms with E-state index >= 15 is 0 Å². The van der Waals surface area contributed by atoms with Gasteiger partial charge in [-0.1, -0.05) is 23.7 Å². The van der Waals surface area contributed by atoms with E-state index in [9.17, 15) is 9.59 Å². The number of rotatable bonds is 8. The lowest BCUT2D eigenvalue weighted by molar-refractivity contribution is -0.124. The molecule has 2 N–H and O–H groups in total. The van der Waals surface area contributed by atoms with Crippen LogP contribution < -0.4 is 10.6 Å². The Balaban J connectivity index is 1.52. The summed E-state index contributed by atoms with van der Waals surface area (Å²) in [7, 11) is 0. The molecule has 150 valence electrons. The quantitative estimate of drug-likeness (QED) is 0.683. The van der Waals surface area contributed by atoms with E-state index in [1.54, 1.807) is 11.6 Å². The molecule has 1 aliphatic rings. The summed E-state index contributed by atoms with van der Waals surface area (Å²) < 4.78 is 5.44. The number of ether oxygens (including phenoxy) is 1. The standard InChI is InChI=1S/C19H23ClN4O3S/c20-15-3-1-2-14(12-15)16(24-7-9-27-10-8-24)13-22-17(25)4-5-18(26)23-19-21-6-11-28-19/h1-3,6,11-12,16H,4-5,7-10,13H2,(H,22,25)(H,21,23,26). The third kappa shape index (κ3) is 6.27. The monoisotopic (exact) mass is 422 g/mol. The zero-order chi connectivity index (χ0) is 19.8. The van der Waals surface area contributed by atoms with Gasteiger partial charge < -0.3 is 15.4 Å². The van der Waals surface area contributed by atoms with E-state index in [0.29, 0.717) is 29.9 Å². The largest absolute Gasteiger partial charge is 0.379 e. The predicted octanol–water partition coefficient (Wildman–Crippen LogP) is 2.70. The number of thiazole rings is 1. The summed E-state index contributed by atoms with van der Waals surface area (Å²) in [6.07, 6.45) is 1.86. The number of anilines is 1. The number of benzene rings is 1. The molecule has 1 atom stereocenters. The minimum absolute atomic E-state index is 0.00990. The van der Waals surface area contributed by atoms with Crippen LogP contribution >= 0.6 is 22.9 Å². The SMILES string of the molecule is O=C(CCC(=O)Nc1nccs1)NCC(c1cccc(Cl)c1)N1CCOCC1. The van der Waals surface area contributed by atoms with Crippen LogP contribution in [0.4, 0.5) is 5.13 Å². The Hall–Kier alpha value is -2.00. The van der Waals surface area contributed by atoms with Crippen molar-refractivity contribution >= 4 is 39.9 Å². The van der Waals surface area contributed by atoms with Gasteiger partial charge in [-0.3, -0.25) is 14.5 Å². The third-order valence-electron chi connectivity index (χ3n) is 4.47. The summed E-state index contributed by atoms with van der Waals surface area (Å²) in [5.74, 6) is -0.376. The minimum atomic E-state index is -0.218. The molecule has 0 bridgehead atoms. The number of carbonyl (C=O) groups is 2. The van der Waals surface area contributed by atoms with Gasteiger partial charge in [-0.05, 0) is 17.7 Å². The minimum Gasteiger partial charge on any atom is -0.379 e. The molecule has 2 aromatic rings. The predicted molar refractivity (Wildman–Crippen MR) is 110 cm³/mol. The van der Waals surface area contributed by atoms with Crippen LogP contribution in [0.15, 0.2) is 35.8 Å². The summed E-state index contributed by atoms with van der Waals surface area (Å²) in [6, 6.07) is 7.70. The van der Waals surface area contributed by atoms with Gasteiger partial charge in [0.05, 0.1) is 19.3 Å². The number of hydrogen-bond donors (Lipinski definition) is 2. The highest BCUT2D eigenvalue weighted by molar-refractivity contribution is 7.13. The van der Waals surface area contributed by atoms with Crippen molar-refractivity contribution in [2.75, 3.05) is 38.2 Å². The van der Waals surface area contributed by atoms with Crippen LogP contribution in [0.1, 0.15) is 24.4 Å². The number of halogens is 1. The van der Waals surface area contributed by atoms with Gasteiger partial charge in [-0.25, -0.2) is 4.98 Å². The number of nitrogens with zero attached hydrogens (tertiary/aromatic N) is 2. The molecule has 1 aliphatic heterocycles. The first kappa shape index (κ1) is 20.7. The highest BCUT2D eigenvalue weighted by Gasteiger charge is 2.23. The van der Waals surface area contributed by atoms with E-state index in [0.717, 1.165) is 18.7 Å². The van der Waals surface area contributed by atoms with E-state index in [-0.39, 0.29) is 30.7 Å². The van der Waals surface area contributed by atoms with Crippen molar-refractivity contribution in [1.29, 1.82) is 0 Å². The highest BCUT2D eigenvalue weighted by atomic mass is 35.5. The molecule has 1 fully saturated rings. The Kier molecular flexibility index (Phi) is 7.79. The summed E-state index contributed by atoms with van der Waals surface area (Å²) >= 11 is 7.50. The lowest BCUT2D eigenvalue weighted by Gasteiger charge is -2.35. The molecule has 7 nitrogen and oxygen atoms in total. The molecule has 2 amide bonds. The van der Waals surface area contributed by atoms with Crippen molar-refractivity contribution in [3.8, 4) is 0 Å². The molecule has 0 aliphatic carbocycles. The van der Waals surface area contributed by atoms with Crippen molar-refractivity contribution in [1.82, 2.24) is 15.2 Å². The number of aromatic nitrogens is 1. The second-order valence-corrected chi connectivity index (χ2v) is 7.74. The zero-order valence-electron chi connectivity index (χ0n) is 15.4. The molecule has 1 aromatic heterocycles. The molecule has 1 unspecified atom stereocenters. The smallest absolute Gasteiger partial charge is 0.226 e. The fourth-order valence-corrected chi connectivity index (χ4v) is 3.80. The number of amides is 2. The first-order chi connectivity index (χ1) is 13.6. The molecule has 0 saturated carbocycles. The Morgan fingerprint density at radius 1 is 1.25 bits per heavy atom. The van der Waals surface area contributed by atoms with E-state index in [4.69, 9.17) is 16.3 Å². The van der Waals surface area contributed by atoms with Crippen molar-refractivity contribution in [2.24, 2.45) is 0 Å². The van der Waals surface area contributed by atoms with Gasteiger partial charge in [0.25, 0.3) is 0 Å². The van der Waals surface area contributed by atoms with Crippen LogP contribution in [-0.4, -0.2) is 54.5 Å². The molecular formula is C19H23ClN4O3S. The van der Waals surface area contributed by atoms with Crippen molar-refractivity contribution in [3.05, 3.63) is 46.4 Å². The van der Waals surface area contributed by atoms with E-state index in [1.165, 1.54) is 11.3 Å². The molecule has 2 heterocycles. The second kappa shape index (κ2) is 10.5. The fourth-order valence-electron chi connectivity index (χ4n) is 3.05. The van der Waals surface area contributed by atoms with Crippen LogP contribution in [0.25, 0.3) is 0 Å². The fraction of sp³-hybridized carbons (Fsp3) is 0.421. The van der Waals surface area contributed by atoms with Crippen molar-refractivity contribution in [3.63, 3.8) is 0 Å². The normalized spacial score (nSPS) is 15.8. The molecule has 0 radical (unpaired) electrons. The summed E-state index contributed by atoms with van der Waals surface area (Å²) in [4.78, 5) is 30.4. The molecule has 1 saturated heterocycles. The zero-order valence-corrected chi connectivity index (χ0v) is 17.0. The molecule has 3 rings (SSSR count). The van der Waals surface area contributed by atoms with E-state index in [1.807, 2.05) is 24.3 Å². The van der Waals surface area contributed by atoms with Gasteiger partial charge in [0, 0.05) is 49.1 Å². The molecule has 1 aromatic carbocycles. The maximum absolute atomic E-state index is 12.3. The average Bonchev–Trinajstić information content (AvgIpc) is 3.20. The number of hydrogen-bond acceptors (Lipinski definition) is 6. The molecule has 9 heteroatoms. The van der Waals surface area contributed by atoms with E-state index in [2.05, 4.69) is 20.5 Å². The van der Waals surface area contributed by atoms with Gasteiger partial charge in [-0.2, -0.15) is 0 Å². The van der Waals surface area contributed by atoms with Crippen LogP contribution in [0.3, 0.4) is 0 Å².